The number of carbonyl (C=O) groups is 2. The van der Waals surface area contributed by atoms with E-state index < -0.39 is 26.5 Å². The Bertz CT molecular complexity index is 1390. The number of carbonyl (C=O) groups excluding carboxylic acids is 2. The number of rotatable bonds is 66. The van der Waals surface area contributed by atoms with E-state index in [1.165, 1.54) is 283 Å². The van der Waals surface area contributed by atoms with E-state index >= 15 is 0 Å². The van der Waals surface area contributed by atoms with Crippen molar-refractivity contribution in [2.24, 2.45) is 5.73 Å². The molecule has 0 heterocycles. The highest BCUT2D eigenvalue weighted by Crippen LogP contribution is 2.43. The van der Waals surface area contributed by atoms with E-state index in [4.69, 9.17) is 24.3 Å². The minimum Gasteiger partial charge on any atom is -0.462 e. The van der Waals surface area contributed by atoms with E-state index in [9.17, 15) is 19.0 Å². The number of ether oxygens (including phenoxy) is 2. The summed E-state index contributed by atoms with van der Waals surface area (Å²) in [5.41, 5.74) is 5.40. The molecule has 0 aliphatic heterocycles. The van der Waals surface area contributed by atoms with Gasteiger partial charge < -0.3 is 20.1 Å². The first-order valence-electron chi connectivity index (χ1n) is 34.5. The van der Waals surface area contributed by atoms with Gasteiger partial charge >= 0.3 is 19.8 Å². The van der Waals surface area contributed by atoms with E-state index in [-0.39, 0.29) is 38.6 Å². The van der Waals surface area contributed by atoms with Crippen LogP contribution in [0, 0.1) is 0 Å². The van der Waals surface area contributed by atoms with Crippen LogP contribution >= 0.6 is 7.82 Å². The van der Waals surface area contributed by atoms with Crippen LogP contribution in [-0.2, 0) is 32.7 Å². The van der Waals surface area contributed by atoms with Crippen molar-refractivity contribution >= 4 is 19.8 Å². The fourth-order valence-electron chi connectivity index (χ4n) is 10.4. The minimum absolute atomic E-state index is 0.0561. The Hall–Kier alpha value is -1.77. The third kappa shape index (κ3) is 65.3. The molecule has 0 saturated heterocycles. The molecule has 466 valence electrons. The second kappa shape index (κ2) is 65.4. The lowest BCUT2D eigenvalue weighted by Gasteiger charge is -2.19. The van der Waals surface area contributed by atoms with Crippen LogP contribution < -0.4 is 5.73 Å². The Labute approximate surface area is 490 Å². The summed E-state index contributed by atoms with van der Waals surface area (Å²) in [5.74, 6) is -0.805. The number of hydrogen-bond donors (Lipinski definition) is 2. The first kappa shape index (κ1) is 77.2. The molecule has 0 aromatic heterocycles. The molecule has 0 radical (unpaired) electrons. The van der Waals surface area contributed by atoms with Gasteiger partial charge in [-0.3, -0.25) is 18.6 Å². The third-order valence-electron chi connectivity index (χ3n) is 15.5. The minimum atomic E-state index is -4.39. The summed E-state index contributed by atoms with van der Waals surface area (Å²) >= 11 is 0. The van der Waals surface area contributed by atoms with Crippen molar-refractivity contribution in [1.82, 2.24) is 0 Å². The molecular weight excluding hydrogens is 1000 g/mol. The molecule has 2 unspecified atom stereocenters. The number of hydrogen-bond acceptors (Lipinski definition) is 8. The van der Waals surface area contributed by atoms with E-state index in [2.05, 4.69) is 50.3 Å². The maximum absolute atomic E-state index is 12.8. The van der Waals surface area contributed by atoms with Gasteiger partial charge in [0, 0.05) is 19.4 Å². The molecule has 0 amide bonds. The third-order valence-corrected chi connectivity index (χ3v) is 16.5. The fraction of sp³-hybridized carbons (Fsp3) is 0.884. The fourth-order valence-corrected chi connectivity index (χ4v) is 11.2. The van der Waals surface area contributed by atoms with Crippen LogP contribution in [0.2, 0.25) is 0 Å². The van der Waals surface area contributed by atoms with Crippen molar-refractivity contribution in [2.75, 3.05) is 26.4 Å². The lowest BCUT2D eigenvalue weighted by Crippen LogP contribution is -2.29. The van der Waals surface area contributed by atoms with Crippen LogP contribution in [0.1, 0.15) is 361 Å². The maximum Gasteiger partial charge on any atom is 0.472 e. The Morgan fingerprint density at radius 3 is 0.975 bits per heavy atom. The van der Waals surface area contributed by atoms with Crippen molar-refractivity contribution in [3.05, 3.63) is 36.5 Å². The molecule has 2 atom stereocenters. The van der Waals surface area contributed by atoms with Gasteiger partial charge in [0.15, 0.2) is 6.10 Å². The highest BCUT2D eigenvalue weighted by molar-refractivity contribution is 7.47. The van der Waals surface area contributed by atoms with Gasteiger partial charge in [0.05, 0.1) is 13.2 Å². The summed E-state index contributed by atoms with van der Waals surface area (Å²) in [7, 11) is -4.39. The summed E-state index contributed by atoms with van der Waals surface area (Å²) in [6, 6.07) is 0. The highest BCUT2D eigenvalue weighted by atomic mass is 31.2. The molecule has 10 heteroatoms. The normalized spacial score (nSPS) is 13.1. The molecule has 0 bridgehead atoms. The van der Waals surface area contributed by atoms with Crippen LogP contribution in [0.3, 0.4) is 0 Å². The van der Waals surface area contributed by atoms with Gasteiger partial charge in [-0.2, -0.15) is 0 Å². The zero-order valence-electron chi connectivity index (χ0n) is 52.4. The van der Waals surface area contributed by atoms with Crippen LogP contribution in [0.25, 0.3) is 0 Å². The Morgan fingerprint density at radius 2 is 0.658 bits per heavy atom. The van der Waals surface area contributed by atoms with Crippen LogP contribution in [0.5, 0.6) is 0 Å². The molecule has 0 fully saturated rings. The number of nitrogens with two attached hydrogens (primary N) is 1. The topological polar surface area (TPSA) is 134 Å². The Morgan fingerprint density at radius 1 is 0.380 bits per heavy atom. The number of unbranched alkanes of at least 4 members (excludes halogenated alkanes) is 47. The zero-order valence-corrected chi connectivity index (χ0v) is 53.3. The van der Waals surface area contributed by atoms with Gasteiger partial charge in [-0.1, -0.05) is 333 Å². The average Bonchev–Trinajstić information content (AvgIpc) is 3.44. The van der Waals surface area contributed by atoms with Crippen molar-refractivity contribution < 1.29 is 37.6 Å². The Kier molecular flexibility index (Phi) is 63.9. The predicted molar refractivity (Wildman–Crippen MR) is 340 cm³/mol. The van der Waals surface area contributed by atoms with Gasteiger partial charge in [-0.05, 0) is 51.4 Å². The average molecular weight is 1130 g/mol. The van der Waals surface area contributed by atoms with Crippen molar-refractivity contribution in [3.63, 3.8) is 0 Å². The number of allylic oxidation sites excluding steroid dienone is 6. The molecule has 0 aliphatic rings. The summed E-state index contributed by atoms with van der Waals surface area (Å²) in [5, 5.41) is 0. The van der Waals surface area contributed by atoms with Gasteiger partial charge in [0.25, 0.3) is 0 Å². The zero-order chi connectivity index (χ0) is 57.3. The monoisotopic (exact) mass is 1130 g/mol. The first-order chi connectivity index (χ1) is 38.8. The second-order valence-electron chi connectivity index (χ2n) is 23.4. The molecule has 3 N–H and O–H groups in total. The predicted octanol–water partition coefficient (Wildman–Crippen LogP) is 22.3. The number of esters is 2. The largest absolute Gasteiger partial charge is 0.472 e. The van der Waals surface area contributed by atoms with Gasteiger partial charge in [-0.25, -0.2) is 4.57 Å². The molecule has 0 rings (SSSR count). The SMILES string of the molecule is CCCCCCC/C=C\C/C=C\C/C=C\CCCCCCCCCCCCCCCCCCCCC(=O)OC(COC(=O)CCCCCCCCCCCCCCCCCCCCCCCCCCC)COP(=O)(O)OCCN. The van der Waals surface area contributed by atoms with E-state index in [1.54, 1.807) is 0 Å². The van der Waals surface area contributed by atoms with Crippen LogP contribution in [-0.4, -0.2) is 49.3 Å². The molecule has 0 spiro atoms. The maximum atomic E-state index is 12.8. The lowest BCUT2D eigenvalue weighted by molar-refractivity contribution is -0.161. The van der Waals surface area contributed by atoms with E-state index in [0.717, 1.165) is 44.9 Å². The van der Waals surface area contributed by atoms with E-state index in [1.807, 2.05) is 0 Å². The summed E-state index contributed by atoms with van der Waals surface area (Å²) in [6.45, 7) is 3.81. The second-order valence-corrected chi connectivity index (χ2v) is 24.9. The van der Waals surface area contributed by atoms with Crippen LogP contribution in [0.15, 0.2) is 36.5 Å². The standard InChI is InChI=1S/C69H132NO8P/c1-3-5-7-9-11-13-15-17-19-21-23-25-27-29-30-31-32-33-34-35-36-38-40-42-44-46-48-50-52-54-56-58-60-62-69(72)78-67(66-77-79(73,74)76-64-63-70)65-75-68(71)61-59-57-55-53-51-49-47-45-43-41-39-37-28-26-24-22-20-18-16-14-12-10-8-6-4-2/h15,17,21,23,27,29,67H,3-14,16,18-20,22,24-26,28,30-66,70H2,1-2H3,(H,73,74)/b17-15-,23-21-,29-27-. The molecule has 0 aromatic rings. The molecule has 9 nitrogen and oxygen atoms in total. The molecular formula is C69H132NO8P. The smallest absolute Gasteiger partial charge is 0.462 e. The van der Waals surface area contributed by atoms with Crippen molar-refractivity contribution in [1.29, 1.82) is 0 Å². The van der Waals surface area contributed by atoms with Gasteiger partial charge in [0.1, 0.15) is 6.61 Å². The molecule has 0 aliphatic carbocycles. The summed E-state index contributed by atoms with van der Waals surface area (Å²) in [4.78, 5) is 35.3. The molecule has 0 aromatic carbocycles. The summed E-state index contributed by atoms with van der Waals surface area (Å²) in [6.07, 6.45) is 80.9. The van der Waals surface area contributed by atoms with Crippen molar-refractivity contribution in [3.8, 4) is 0 Å². The van der Waals surface area contributed by atoms with E-state index in [0.29, 0.717) is 6.42 Å². The highest BCUT2D eigenvalue weighted by Gasteiger charge is 2.26. The quantitative estimate of drug-likeness (QED) is 0.0264. The molecule has 79 heavy (non-hydrogen) atoms. The van der Waals surface area contributed by atoms with Crippen molar-refractivity contribution in [2.45, 2.75) is 367 Å². The van der Waals surface area contributed by atoms with Gasteiger partial charge in [-0.15, -0.1) is 0 Å². The molecule has 0 saturated carbocycles. The lowest BCUT2D eigenvalue weighted by atomic mass is 10.0. The Balaban J connectivity index is 3.83. The number of phosphoric acid groups is 1. The summed E-state index contributed by atoms with van der Waals surface area (Å²) < 4.78 is 33.2. The van der Waals surface area contributed by atoms with Gasteiger partial charge in [0.2, 0.25) is 0 Å². The number of phosphoric ester groups is 1. The first-order valence-corrected chi connectivity index (χ1v) is 36.0. The van der Waals surface area contributed by atoms with Crippen LogP contribution in [0.4, 0.5) is 0 Å².